The smallest absolute Gasteiger partial charge is 0.492 e. The van der Waals surface area contributed by atoms with Crippen molar-refractivity contribution >= 4 is 8.80 Å². The van der Waals surface area contributed by atoms with Crippen LogP contribution in [0.1, 0.15) is 12.8 Å². The third-order valence-electron chi connectivity index (χ3n) is 3.43. The second kappa shape index (κ2) is 6.10. The third-order valence-corrected chi connectivity index (χ3v) is 6.18. The largest absolute Gasteiger partial charge is 0.634 e. The van der Waals surface area contributed by atoms with Crippen molar-refractivity contribution in [3.63, 3.8) is 0 Å². The van der Waals surface area contributed by atoms with Crippen molar-refractivity contribution in [1.82, 2.24) is 0 Å². The molecule has 1 aliphatic heterocycles. The maximum Gasteiger partial charge on any atom is 0.634 e. The van der Waals surface area contributed by atoms with Crippen molar-refractivity contribution < 1.29 is 13.3 Å². The van der Waals surface area contributed by atoms with Gasteiger partial charge in [0.2, 0.25) is 0 Å². The van der Waals surface area contributed by atoms with Crippen LogP contribution >= 0.6 is 0 Å². The summed E-state index contributed by atoms with van der Waals surface area (Å²) in [5.74, 6) is 0.180. The summed E-state index contributed by atoms with van der Waals surface area (Å²) in [5.41, 5.74) is 12.0. The molecule has 0 aromatic heterocycles. The van der Waals surface area contributed by atoms with Gasteiger partial charge in [-0.05, 0) is 30.7 Å². The Bertz CT molecular complexity index is 566. The zero-order valence-electron chi connectivity index (χ0n) is 12.3. The van der Waals surface area contributed by atoms with Gasteiger partial charge in [-0.15, -0.1) is 0 Å². The van der Waals surface area contributed by atoms with Gasteiger partial charge in [0.15, 0.2) is 5.85 Å². The first kappa shape index (κ1) is 15.0. The van der Waals surface area contributed by atoms with Gasteiger partial charge in [0.1, 0.15) is 11.5 Å². The summed E-state index contributed by atoms with van der Waals surface area (Å²) in [7, 11) is -3.05. The van der Waals surface area contributed by atoms with Crippen molar-refractivity contribution in [2.45, 2.75) is 24.7 Å². The average Bonchev–Trinajstić information content (AvgIpc) is 2.48. The minimum atomic E-state index is -3.05. The van der Waals surface area contributed by atoms with E-state index >= 15 is 0 Å². The molecule has 5 nitrogen and oxygen atoms in total. The molecule has 3 rings (SSSR count). The van der Waals surface area contributed by atoms with Crippen LogP contribution in [-0.4, -0.2) is 14.7 Å². The SMILES string of the molecule is NC1(N)CCC[Si](Oc2ccccc2)(Oc2ccccc2)O1. The van der Waals surface area contributed by atoms with Gasteiger partial charge < -0.3 is 13.3 Å². The molecule has 1 heterocycles. The van der Waals surface area contributed by atoms with Crippen LogP contribution in [0.25, 0.3) is 0 Å². The number of rotatable bonds is 4. The zero-order valence-corrected chi connectivity index (χ0v) is 13.3. The van der Waals surface area contributed by atoms with Crippen LogP contribution in [0.5, 0.6) is 11.5 Å². The monoisotopic (exact) mass is 316 g/mol. The normalized spacial score (nSPS) is 19.4. The Hall–Kier alpha value is -1.86. The van der Waals surface area contributed by atoms with E-state index in [1.807, 2.05) is 60.7 Å². The van der Waals surface area contributed by atoms with E-state index < -0.39 is 14.7 Å². The summed E-state index contributed by atoms with van der Waals surface area (Å²) in [5, 5.41) is 0. The fourth-order valence-electron chi connectivity index (χ4n) is 2.47. The van der Waals surface area contributed by atoms with Gasteiger partial charge in [-0.25, -0.2) is 0 Å². The van der Waals surface area contributed by atoms with Gasteiger partial charge in [0.05, 0.1) is 0 Å². The van der Waals surface area contributed by atoms with E-state index in [0.29, 0.717) is 24.0 Å². The molecule has 22 heavy (non-hydrogen) atoms. The molecule has 0 saturated carbocycles. The van der Waals surface area contributed by atoms with Gasteiger partial charge in [0, 0.05) is 12.5 Å². The molecule has 6 heteroatoms. The fourth-order valence-corrected chi connectivity index (χ4v) is 5.19. The highest BCUT2D eigenvalue weighted by Crippen LogP contribution is 2.32. The zero-order chi connectivity index (χ0) is 15.5. The molecule has 1 saturated heterocycles. The average molecular weight is 316 g/mol. The lowest BCUT2D eigenvalue weighted by Gasteiger charge is -2.40. The van der Waals surface area contributed by atoms with E-state index in [0.717, 1.165) is 6.42 Å². The van der Waals surface area contributed by atoms with Crippen LogP contribution in [0.2, 0.25) is 6.04 Å². The molecule has 0 aliphatic carbocycles. The van der Waals surface area contributed by atoms with E-state index in [4.69, 9.17) is 24.7 Å². The van der Waals surface area contributed by atoms with Gasteiger partial charge in [-0.1, -0.05) is 36.4 Å². The first-order valence-electron chi connectivity index (χ1n) is 7.33. The standard InChI is InChI=1S/C16H20N2O3Si/c17-16(18)12-7-13-22(21-16,19-14-8-3-1-4-9-14)20-15-10-5-2-6-11-15/h1-6,8-11H,7,12-13,17-18H2. The molecule has 2 aromatic rings. The Morgan fingerprint density at radius 3 is 1.82 bits per heavy atom. The Morgan fingerprint density at radius 1 is 0.864 bits per heavy atom. The Kier molecular flexibility index (Phi) is 4.17. The number of hydrogen-bond donors (Lipinski definition) is 2. The van der Waals surface area contributed by atoms with Crippen LogP contribution in [0.4, 0.5) is 0 Å². The van der Waals surface area contributed by atoms with Crippen molar-refractivity contribution in [3.8, 4) is 11.5 Å². The van der Waals surface area contributed by atoms with Gasteiger partial charge in [0.25, 0.3) is 0 Å². The van der Waals surface area contributed by atoms with E-state index in [9.17, 15) is 0 Å². The molecule has 0 unspecified atom stereocenters. The predicted molar refractivity (Wildman–Crippen MR) is 86.1 cm³/mol. The topological polar surface area (TPSA) is 79.7 Å². The van der Waals surface area contributed by atoms with Gasteiger partial charge >= 0.3 is 8.80 Å². The summed E-state index contributed by atoms with van der Waals surface area (Å²) >= 11 is 0. The van der Waals surface area contributed by atoms with Crippen LogP contribution < -0.4 is 20.3 Å². The Morgan fingerprint density at radius 2 is 1.36 bits per heavy atom. The van der Waals surface area contributed by atoms with E-state index in [-0.39, 0.29) is 0 Å². The molecule has 1 fully saturated rings. The van der Waals surface area contributed by atoms with Crippen LogP contribution in [-0.2, 0) is 4.43 Å². The Labute approximate surface area is 131 Å². The highest BCUT2D eigenvalue weighted by Gasteiger charge is 2.53. The van der Waals surface area contributed by atoms with E-state index in [1.54, 1.807) is 0 Å². The fraction of sp³-hybridized carbons (Fsp3) is 0.250. The lowest BCUT2D eigenvalue weighted by molar-refractivity contribution is -0.00736. The minimum Gasteiger partial charge on any atom is -0.492 e. The minimum absolute atomic E-state index is 0.581. The molecular weight excluding hydrogens is 296 g/mol. The summed E-state index contributed by atoms with van der Waals surface area (Å²) < 4.78 is 18.2. The maximum atomic E-state index is 6.12. The van der Waals surface area contributed by atoms with Crippen LogP contribution in [0.15, 0.2) is 60.7 Å². The lowest BCUT2D eigenvalue weighted by atomic mass is 10.2. The van der Waals surface area contributed by atoms with Crippen molar-refractivity contribution in [1.29, 1.82) is 0 Å². The number of para-hydroxylation sites is 2. The second-order valence-corrected chi connectivity index (χ2v) is 7.90. The van der Waals surface area contributed by atoms with Crippen molar-refractivity contribution in [3.05, 3.63) is 60.7 Å². The molecule has 4 N–H and O–H groups in total. The quantitative estimate of drug-likeness (QED) is 0.669. The summed E-state index contributed by atoms with van der Waals surface area (Å²) in [6, 6.07) is 19.6. The van der Waals surface area contributed by atoms with Gasteiger partial charge in [-0.3, -0.25) is 11.5 Å². The summed E-state index contributed by atoms with van der Waals surface area (Å²) in [4.78, 5) is 0. The first-order valence-corrected chi connectivity index (χ1v) is 9.26. The van der Waals surface area contributed by atoms with Gasteiger partial charge in [-0.2, -0.15) is 0 Å². The molecule has 0 atom stereocenters. The molecule has 116 valence electrons. The molecule has 2 aromatic carbocycles. The van der Waals surface area contributed by atoms with Crippen LogP contribution in [0, 0.1) is 0 Å². The molecule has 0 bridgehead atoms. The second-order valence-electron chi connectivity index (χ2n) is 5.42. The molecule has 1 aliphatic rings. The van der Waals surface area contributed by atoms with E-state index in [2.05, 4.69) is 0 Å². The van der Waals surface area contributed by atoms with Crippen LogP contribution in [0.3, 0.4) is 0 Å². The number of benzene rings is 2. The highest BCUT2D eigenvalue weighted by atomic mass is 28.4. The lowest BCUT2D eigenvalue weighted by Crippen LogP contribution is -2.67. The molecule has 0 radical (unpaired) electrons. The Balaban J connectivity index is 1.88. The predicted octanol–water partition coefficient (Wildman–Crippen LogP) is 2.46. The number of hydrogen-bond acceptors (Lipinski definition) is 5. The van der Waals surface area contributed by atoms with Crippen molar-refractivity contribution in [2.75, 3.05) is 0 Å². The summed E-state index contributed by atoms with van der Waals surface area (Å²) in [6.45, 7) is 0. The number of nitrogens with two attached hydrogens (primary N) is 2. The molecule has 0 spiro atoms. The first-order chi connectivity index (χ1) is 10.6. The third kappa shape index (κ3) is 3.66. The maximum absolute atomic E-state index is 6.12. The van der Waals surface area contributed by atoms with E-state index in [1.165, 1.54) is 0 Å². The molecular formula is C16H20N2O3Si. The van der Waals surface area contributed by atoms with Crippen molar-refractivity contribution in [2.24, 2.45) is 11.5 Å². The molecule has 0 amide bonds. The summed E-state index contributed by atoms with van der Waals surface area (Å²) in [6.07, 6.45) is 1.39. The highest BCUT2D eigenvalue weighted by molar-refractivity contribution is 6.62.